The SMILES string of the molecule is CCCn1ncc(Cl)c1C(=O)c1cc(Br)ccc1Cl. The third-order valence-electron chi connectivity index (χ3n) is 2.62. The van der Waals surface area contributed by atoms with Crippen LogP contribution in [0.2, 0.25) is 10.0 Å². The minimum Gasteiger partial charge on any atom is -0.287 e. The summed E-state index contributed by atoms with van der Waals surface area (Å²) in [5.41, 5.74) is 0.791. The van der Waals surface area contributed by atoms with Gasteiger partial charge in [-0.05, 0) is 24.6 Å². The summed E-state index contributed by atoms with van der Waals surface area (Å²) in [6, 6.07) is 5.14. The quantitative estimate of drug-likeness (QED) is 0.746. The normalized spacial score (nSPS) is 10.7. The van der Waals surface area contributed by atoms with E-state index in [1.165, 1.54) is 6.20 Å². The second-order valence-corrected chi connectivity index (χ2v) is 5.75. The lowest BCUT2D eigenvalue weighted by Gasteiger charge is -2.08. The van der Waals surface area contributed by atoms with Gasteiger partial charge in [-0.25, -0.2) is 0 Å². The number of rotatable bonds is 4. The summed E-state index contributed by atoms with van der Waals surface area (Å²) >= 11 is 15.5. The first-order chi connectivity index (χ1) is 9.04. The Morgan fingerprint density at radius 2 is 2.11 bits per heavy atom. The van der Waals surface area contributed by atoms with E-state index in [-0.39, 0.29) is 5.78 Å². The molecule has 0 aliphatic heterocycles. The molecule has 0 atom stereocenters. The molecule has 0 fully saturated rings. The first-order valence-electron chi connectivity index (χ1n) is 5.75. The van der Waals surface area contributed by atoms with Crippen LogP contribution in [0.15, 0.2) is 28.9 Å². The number of hydrogen-bond acceptors (Lipinski definition) is 2. The molecule has 0 amide bonds. The van der Waals surface area contributed by atoms with Gasteiger partial charge >= 0.3 is 0 Å². The van der Waals surface area contributed by atoms with Crippen LogP contribution in [0, 0.1) is 0 Å². The first kappa shape index (κ1) is 14.6. The van der Waals surface area contributed by atoms with Crippen molar-refractivity contribution in [2.45, 2.75) is 19.9 Å². The molecule has 0 saturated carbocycles. The Kier molecular flexibility index (Phi) is 4.66. The van der Waals surface area contributed by atoms with Crippen LogP contribution in [0.1, 0.15) is 29.4 Å². The zero-order valence-corrected chi connectivity index (χ0v) is 13.3. The lowest BCUT2D eigenvalue weighted by atomic mass is 10.1. The minimum atomic E-state index is -0.220. The number of carbonyl (C=O) groups is 1. The highest BCUT2D eigenvalue weighted by molar-refractivity contribution is 9.10. The van der Waals surface area contributed by atoms with E-state index in [1.54, 1.807) is 22.9 Å². The fourth-order valence-electron chi connectivity index (χ4n) is 1.77. The first-order valence-corrected chi connectivity index (χ1v) is 7.30. The van der Waals surface area contributed by atoms with Crippen molar-refractivity contribution in [3.63, 3.8) is 0 Å². The molecule has 1 heterocycles. The fraction of sp³-hybridized carbons (Fsp3) is 0.231. The maximum absolute atomic E-state index is 12.5. The number of aryl methyl sites for hydroxylation is 1. The molecular weight excluding hydrogens is 351 g/mol. The molecule has 1 aromatic carbocycles. The highest BCUT2D eigenvalue weighted by Gasteiger charge is 2.21. The van der Waals surface area contributed by atoms with Crippen LogP contribution in [0.5, 0.6) is 0 Å². The molecule has 100 valence electrons. The zero-order chi connectivity index (χ0) is 14.0. The molecule has 2 rings (SSSR count). The minimum absolute atomic E-state index is 0.220. The molecule has 6 heteroatoms. The van der Waals surface area contributed by atoms with E-state index < -0.39 is 0 Å². The fourth-order valence-corrected chi connectivity index (χ4v) is 2.56. The summed E-state index contributed by atoms with van der Waals surface area (Å²) in [7, 11) is 0. The second-order valence-electron chi connectivity index (χ2n) is 4.02. The van der Waals surface area contributed by atoms with Crippen molar-refractivity contribution in [1.82, 2.24) is 9.78 Å². The number of halogens is 3. The average Bonchev–Trinajstić information content (AvgIpc) is 2.73. The molecule has 0 N–H and O–H groups in total. The monoisotopic (exact) mass is 360 g/mol. The highest BCUT2D eigenvalue weighted by atomic mass is 79.9. The van der Waals surface area contributed by atoms with E-state index in [2.05, 4.69) is 21.0 Å². The third-order valence-corrected chi connectivity index (χ3v) is 3.72. The topological polar surface area (TPSA) is 34.9 Å². The molecule has 0 spiro atoms. The van der Waals surface area contributed by atoms with Gasteiger partial charge in [-0.1, -0.05) is 46.1 Å². The van der Waals surface area contributed by atoms with Crippen molar-refractivity contribution in [1.29, 1.82) is 0 Å². The Hall–Kier alpha value is -0.840. The van der Waals surface area contributed by atoms with Gasteiger partial charge in [0.25, 0.3) is 0 Å². The van der Waals surface area contributed by atoms with Crippen LogP contribution in [0.3, 0.4) is 0 Å². The summed E-state index contributed by atoms with van der Waals surface area (Å²) in [6.07, 6.45) is 2.35. The van der Waals surface area contributed by atoms with Crippen LogP contribution >= 0.6 is 39.1 Å². The molecule has 19 heavy (non-hydrogen) atoms. The molecule has 0 aliphatic rings. The van der Waals surface area contributed by atoms with E-state index in [1.807, 2.05) is 6.92 Å². The number of aromatic nitrogens is 2. The number of benzene rings is 1. The van der Waals surface area contributed by atoms with E-state index in [9.17, 15) is 4.79 Å². The van der Waals surface area contributed by atoms with Gasteiger partial charge < -0.3 is 0 Å². The highest BCUT2D eigenvalue weighted by Crippen LogP contribution is 2.26. The summed E-state index contributed by atoms with van der Waals surface area (Å²) in [5.74, 6) is -0.220. The Bertz CT molecular complexity index is 625. The summed E-state index contributed by atoms with van der Waals surface area (Å²) in [4.78, 5) is 12.5. The largest absolute Gasteiger partial charge is 0.287 e. The summed E-state index contributed by atoms with van der Waals surface area (Å²) in [6.45, 7) is 2.65. The molecule has 0 bridgehead atoms. The van der Waals surface area contributed by atoms with Crippen molar-refractivity contribution in [2.75, 3.05) is 0 Å². The van der Waals surface area contributed by atoms with Crippen molar-refractivity contribution < 1.29 is 4.79 Å². The van der Waals surface area contributed by atoms with Gasteiger partial charge in [0.1, 0.15) is 5.69 Å². The van der Waals surface area contributed by atoms with E-state index in [0.717, 1.165) is 10.9 Å². The number of ketones is 1. The Morgan fingerprint density at radius 3 is 2.79 bits per heavy atom. The van der Waals surface area contributed by atoms with Gasteiger partial charge in [0, 0.05) is 16.6 Å². The van der Waals surface area contributed by atoms with Gasteiger partial charge in [0.05, 0.1) is 16.2 Å². The number of hydrogen-bond donors (Lipinski definition) is 0. The number of nitrogens with zero attached hydrogens (tertiary/aromatic N) is 2. The molecule has 0 aliphatic carbocycles. The van der Waals surface area contributed by atoms with Gasteiger partial charge in [-0.15, -0.1) is 0 Å². The molecule has 1 aromatic heterocycles. The summed E-state index contributed by atoms with van der Waals surface area (Å²) < 4.78 is 2.40. The predicted molar refractivity (Wildman–Crippen MR) is 80.1 cm³/mol. The van der Waals surface area contributed by atoms with Crippen molar-refractivity contribution >= 4 is 44.9 Å². The van der Waals surface area contributed by atoms with Crippen molar-refractivity contribution in [3.8, 4) is 0 Å². The molecule has 3 nitrogen and oxygen atoms in total. The van der Waals surface area contributed by atoms with E-state index in [4.69, 9.17) is 23.2 Å². The average molecular weight is 362 g/mol. The Balaban J connectivity index is 2.49. The van der Waals surface area contributed by atoms with Gasteiger partial charge in [-0.2, -0.15) is 5.10 Å². The predicted octanol–water partition coefficient (Wildman–Crippen LogP) is 4.59. The van der Waals surface area contributed by atoms with Gasteiger partial charge in [0.2, 0.25) is 5.78 Å². The lowest BCUT2D eigenvalue weighted by Crippen LogP contribution is -2.12. The van der Waals surface area contributed by atoms with Crippen LogP contribution in [0.25, 0.3) is 0 Å². The van der Waals surface area contributed by atoms with Crippen LogP contribution in [-0.4, -0.2) is 15.6 Å². The van der Waals surface area contributed by atoms with Crippen molar-refractivity contribution in [2.24, 2.45) is 0 Å². The maximum Gasteiger partial charge on any atom is 0.214 e. The lowest BCUT2D eigenvalue weighted by molar-refractivity contribution is 0.102. The Labute approximate surface area is 129 Å². The van der Waals surface area contributed by atoms with Crippen LogP contribution in [-0.2, 0) is 6.54 Å². The molecule has 0 saturated heterocycles. The van der Waals surface area contributed by atoms with E-state index in [0.29, 0.717) is 27.8 Å². The van der Waals surface area contributed by atoms with Crippen LogP contribution < -0.4 is 0 Å². The number of carbonyl (C=O) groups excluding carboxylic acids is 1. The Morgan fingerprint density at radius 1 is 1.37 bits per heavy atom. The zero-order valence-electron chi connectivity index (χ0n) is 10.2. The second kappa shape index (κ2) is 6.07. The molecule has 0 unspecified atom stereocenters. The standard InChI is InChI=1S/C13H11BrCl2N2O/c1-2-5-18-12(11(16)7-17-18)13(19)9-6-8(14)3-4-10(9)15/h3-4,6-7H,2,5H2,1H3. The van der Waals surface area contributed by atoms with Gasteiger partial charge in [-0.3, -0.25) is 9.48 Å². The molecule has 2 aromatic rings. The third kappa shape index (κ3) is 3.02. The molecular formula is C13H11BrCl2N2O. The summed E-state index contributed by atoms with van der Waals surface area (Å²) in [5, 5.41) is 4.85. The van der Waals surface area contributed by atoms with Gasteiger partial charge in [0.15, 0.2) is 0 Å². The molecule has 0 radical (unpaired) electrons. The smallest absolute Gasteiger partial charge is 0.214 e. The maximum atomic E-state index is 12.5. The van der Waals surface area contributed by atoms with Crippen molar-refractivity contribution in [3.05, 3.63) is 50.2 Å². The van der Waals surface area contributed by atoms with E-state index >= 15 is 0 Å². The van der Waals surface area contributed by atoms with Crippen LogP contribution in [0.4, 0.5) is 0 Å².